The van der Waals surface area contributed by atoms with Crippen molar-refractivity contribution < 1.29 is 14.3 Å². The van der Waals surface area contributed by atoms with Crippen LogP contribution >= 0.6 is 0 Å². The summed E-state index contributed by atoms with van der Waals surface area (Å²) in [4.78, 5) is 15.8. The topological polar surface area (TPSA) is 75.4 Å². The second-order valence-corrected chi connectivity index (χ2v) is 7.40. The van der Waals surface area contributed by atoms with Crippen molar-refractivity contribution in [3.05, 3.63) is 59.3 Å². The first-order chi connectivity index (χ1) is 14.1. The molecule has 3 N–H and O–H groups in total. The lowest BCUT2D eigenvalue weighted by molar-refractivity contribution is 0.238. The second-order valence-electron chi connectivity index (χ2n) is 7.40. The van der Waals surface area contributed by atoms with Crippen LogP contribution in [-0.4, -0.2) is 30.8 Å². The van der Waals surface area contributed by atoms with Crippen LogP contribution in [0.2, 0.25) is 0 Å². The number of amides is 2. The van der Waals surface area contributed by atoms with Crippen molar-refractivity contribution in [1.29, 1.82) is 0 Å². The fourth-order valence-corrected chi connectivity index (χ4v) is 3.74. The van der Waals surface area contributed by atoms with Gasteiger partial charge in [-0.25, -0.2) is 4.79 Å². The molecule has 1 atom stereocenters. The first-order valence-corrected chi connectivity index (χ1v) is 10.1. The smallest absolute Gasteiger partial charge is 0.315 e. The Balaban J connectivity index is 1.32. The zero-order chi connectivity index (χ0) is 20.2. The van der Waals surface area contributed by atoms with E-state index in [0.29, 0.717) is 19.8 Å². The van der Waals surface area contributed by atoms with Crippen LogP contribution < -0.4 is 20.1 Å². The van der Waals surface area contributed by atoms with Gasteiger partial charge in [-0.15, -0.1) is 0 Å². The number of H-pyrrole nitrogens is 1. The Bertz CT molecular complexity index is 1010. The molecule has 29 heavy (non-hydrogen) atoms. The van der Waals surface area contributed by atoms with Gasteiger partial charge in [0.25, 0.3) is 0 Å². The first-order valence-electron chi connectivity index (χ1n) is 10.1. The van der Waals surface area contributed by atoms with Crippen molar-refractivity contribution in [2.24, 2.45) is 0 Å². The number of carbonyl (C=O) groups is 1. The Morgan fingerprint density at radius 2 is 1.93 bits per heavy atom. The largest absolute Gasteiger partial charge is 0.490 e. The number of hydrogen-bond donors (Lipinski definition) is 3. The number of ether oxygens (including phenoxy) is 2. The quantitative estimate of drug-likeness (QED) is 0.607. The van der Waals surface area contributed by atoms with Gasteiger partial charge < -0.3 is 25.1 Å². The van der Waals surface area contributed by atoms with Crippen LogP contribution in [0.25, 0.3) is 10.9 Å². The third-order valence-electron chi connectivity index (χ3n) is 5.31. The molecule has 2 aromatic carbocycles. The zero-order valence-corrected chi connectivity index (χ0v) is 16.9. The number of hydrogen-bond acceptors (Lipinski definition) is 3. The standard InChI is InChI=1S/C23H27N3O3/c1-15(17-8-9-21-22(14-17)29-13-5-12-28-21)26-23(27)24-11-10-18-16(2)25-20-7-4-3-6-19(18)20/h3-4,6-9,14-15,25H,5,10-13H2,1-2H3,(H2,24,26,27). The number of urea groups is 1. The summed E-state index contributed by atoms with van der Waals surface area (Å²) >= 11 is 0. The summed E-state index contributed by atoms with van der Waals surface area (Å²) in [5.74, 6) is 1.50. The molecule has 0 bridgehead atoms. The van der Waals surface area contributed by atoms with Crippen LogP contribution in [0.15, 0.2) is 42.5 Å². The van der Waals surface area contributed by atoms with Gasteiger partial charge in [-0.3, -0.25) is 0 Å². The van der Waals surface area contributed by atoms with E-state index >= 15 is 0 Å². The molecule has 0 aliphatic carbocycles. The maximum absolute atomic E-state index is 12.4. The maximum atomic E-state index is 12.4. The minimum atomic E-state index is -0.179. The number of benzene rings is 2. The van der Waals surface area contributed by atoms with Crippen LogP contribution in [0.5, 0.6) is 11.5 Å². The van der Waals surface area contributed by atoms with Crippen molar-refractivity contribution in [2.75, 3.05) is 19.8 Å². The minimum Gasteiger partial charge on any atom is -0.490 e. The third kappa shape index (κ3) is 4.31. The highest BCUT2D eigenvalue weighted by molar-refractivity contribution is 5.84. The summed E-state index contributed by atoms with van der Waals surface area (Å²) in [6.07, 6.45) is 1.65. The molecule has 1 aliphatic rings. The van der Waals surface area contributed by atoms with Crippen LogP contribution in [0, 0.1) is 6.92 Å². The molecule has 1 aliphatic heterocycles. The predicted molar refractivity (Wildman–Crippen MR) is 114 cm³/mol. The molecule has 6 nitrogen and oxygen atoms in total. The number of aromatic nitrogens is 1. The van der Waals surface area contributed by atoms with Crippen LogP contribution in [-0.2, 0) is 6.42 Å². The highest BCUT2D eigenvalue weighted by Gasteiger charge is 2.15. The molecule has 0 saturated carbocycles. The highest BCUT2D eigenvalue weighted by atomic mass is 16.5. The van der Waals surface area contributed by atoms with Gasteiger partial charge in [0, 0.05) is 29.6 Å². The molecule has 2 amide bonds. The maximum Gasteiger partial charge on any atom is 0.315 e. The number of carbonyl (C=O) groups excluding carboxylic acids is 1. The monoisotopic (exact) mass is 393 g/mol. The Kier molecular flexibility index (Phi) is 5.60. The molecule has 0 radical (unpaired) electrons. The number of aromatic amines is 1. The lowest BCUT2D eigenvalue weighted by Gasteiger charge is -2.17. The van der Waals surface area contributed by atoms with E-state index in [0.717, 1.165) is 41.1 Å². The van der Waals surface area contributed by atoms with Crippen LogP contribution in [0.4, 0.5) is 4.79 Å². The van der Waals surface area contributed by atoms with Crippen LogP contribution in [0.3, 0.4) is 0 Å². The molecular formula is C23H27N3O3. The van der Waals surface area contributed by atoms with E-state index < -0.39 is 0 Å². The normalized spacial score (nSPS) is 14.3. The molecule has 152 valence electrons. The Morgan fingerprint density at radius 1 is 1.14 bits per heavy atom. The van der Waals surface area contributed by atoms with E-state index in [9.17, 15) is 4.79 Å². The molecule has 0 fully saturated rings. The average Bonchev–Trinajstić information content (AvgIpc) is 2.88. The number of fused-ring (bicyclic) bond motifs is 2. The van der Waals surface area contributed by atoms with E-state index in [4.69, 9.17) is 9.47 Å². The molecule has 3 aromatic rings. The SMILES string of the molecule is Cc1[nH]c2ccccc2c1CCNC(=O)NC(C)c1ccc2c(c1)OCCCO2. The van der Waals surface area contributed by atoms with Gasteiger partial charge in [-0.1, -0.05) is 24.3 Å². The summed E-state index contributed by atoms with van der Waals surface area (Å²) in [5.41, 5.74) is 4.51. The zero-order valence-electron chi connectivity index (χ0n) is 16.9. The fourth-order valence-electron chi connectivity index (χ4n) is 3.74. The molecule has 1 aromatic heterocycles. The van der Waals surface area contributed by atoms with Gasteiger partial charge in [-0.2, -0.15) is 0 Å². The summed E-state index contributed by atoms with van der Waals surface area (Å²) in [7, 11) is 0. The van der Waals surface area contributed by atoms with Gasteiger partial charge in [0.1, 0.15) is 0 Å². The molecule has 0 saturated heterocycles. The van der Waals surface area contributed by atoms with E-state index in [1.165, 1.54) is 10.9 Å². The fraction of sp³-hybridized carbons (Fsp3) is 0.348. The summed E-state index contributed by atoms with van der Waals surface area (Å²) in [5, 5.41) is 7.18. The minimum absolute atomic E-state index is 0.137. The Labute approximate surface area is 170 Å². The van der Waals surface area contributed by atoms with Crippen molar-refractivity contribution >= 4 is 16.9 Å². The number of rotatable bonds is 5. The van der Waals surface area contributed by atoms with Crippen LogP contribution in [0.1, 0.15) is 36.2 Å². The molecule has 0 spiro atoms. The van der Waals surface area contributed by atoms with Crippen molar-refractivity contribution in [3.8, 4) is 11.5 Å². The van der Waals surface area contributed by atoms with Gasteiger partial charge in [0.05, 0.1) is 19.3 Å². The highest BCUT2D eigenvalue weighted by Crippen LogP contribution is 2.32. The number of para-hydroxylation sites is 1. The first kappa shape index (κ1) is 19.2. The van der Waals surface area contributed by atoms with Crippen molar-refractivity contribution in [1.82, 2.24) is 15.6 Å². The third-order valence-corrected chi connectivity index (χ3v) is 5.31. The Hall–Kier alpha value is -3.15. The molecule has 4 rings (SSSR count). The summed E-state index contributed by atoms with van der Waals surface area (Å²) in [6.45, 7) is 5.91. The lowest BCUT2D eigenvalue weighted by atomic mass is 10.1. The van der Waals surface area contributed by atoms with Gasteiger partial charge >= 0.3 is 6.03 Å². The molecule has 2 heterocycles. The van der Waals surface area contributed by atoms with E-state index in [1.54, 1.807) is 0 Å². The van der Waals surface area contributed by atoms with Crippen molar-refractivity contribution in [2.45, 2.75) is 32.7 Å². The summed E-state index contributed by atoms with van der Waals surface area (Å²) in [6, 6.07) is 13.7. The van der Waals surface area contributed by atoms with Gasteiger partial charge in [0.2, 0.25) is 0 Å². The summed E-state index contributed by atoms with van der Waals surface area (Å²) < 4.78 is 11.4. The Morgan fingerprint density at radius 3 is 2.79 bits per heavy atom. The van der Waals surface area contributed by atoms with Gasteiger partial charge in [0.15, 0.2) is 11.5 Å². The van der Waals surface area contributed by atoms with E-state index in [1.807, 2.05) is 37.3 Å². The molecular weight excluding hydrogens is 366 g/mol. The average molecular weight is 393 g/mol. The number of nitrogens with one attached hydrogen (secondary N) is 3. The van der Waals surface area contributed by atoms with E-state index in [-0.39, 0.29) is 12.1 Å². The van der Waals surface area contributed by atoms with E-state index in [2.05, 4.69) is 34.7 Å². The molecule has 1 unspecified atom stereocenters. The van der Waals surface area contributed by atoms with Crippen molar-refractivity contribution in [3.63, 3.8) is 0 Å². The number of aryl methyl sites for hydroxylation is 1. The second kappa shape index (κ2) is 8.47. The lowest BCUT2D eigenvalue weighted by Crippen LogP contribution is -2.38. The predicted octanol–water partition coefficient (Wildman–Crippen LogP) is 4.24. The molecule has 6 heteroatoms. The van der Waals surface area contributed by atoms with Gasteiger partial charge in [-0.05, 0) is 49.6 Å².